The summed E-state index contributed by atoms with van der Waals surface area (Å²) in [6, 6.07) is 0. The number of nitrogens with zero attached hydrogens (tertiary/aromatic N) is 1. The first-order chi connectivity index (χ1) is 7.38. The van der Waals surface area contributed by atoms with E-state index in [0.717, 1.165) is 6.42 Å². The van der Waals surface area contributed by atoms with Gasteiger partial charge in [-0.25, -0.2) is 4.98 Å². The number of hydrogen-bond donors (Lipinski definition) is 1. The lowest BCUT2D eigenvalue weighted by Crippen LogP contribution is -2.28. The van der Waals surface area contributed by atoms with Gasteiger partial charge in [0.2, 0.25) is 0 Å². The zero-order chi connectivity index (χ0) is 11.9. The first-order valence-corrected chi connectivity index (χ1v) is 6.98. The van der Waals surface area contributed by atoms with Gasteiger partial charge in [-0.1, -0.05) is 13.8 Å². The summed E-state index contributed by atoms with van der Waals surface area (Å²) in [5.41, 5.74) is 7.31. The molecule has 2 nitrogen and oxygen atoms in total. The molecule has 0 aliphatic heterocycles. The van der Waals surface area contributed by atoms with Crippen LogP contribution < -0.4 is 5.73 Å². The van der Waals surface area contributed by atoms with Crippen molar-refractivity contribution in [1.82, 2.24) is 4.98 Å². The number of rotatable bonds is 4. The molecule has 0 unspecified atom stereocenters. The maximum Gasteiger partial charge on any atom is 0.0934 e. The van der Waals surface area contributed by atoms with E-state index in [0.29, 0.717) is 11.8 Å². The Morgan fingerprint density at radius 3 is 2.50 bits per heavy atom. The fraction of sp³-hybridized carbons (Fsp3) is 0.769. The molecule has 0 aromatic carbocycles. The summed E-state index contributed by atoms with van der Waals surface area (Å²) < 4.78 is 0. The van der Waals surface area contributed by atoms with Crippen molar-refractivity contribution in [2.45, 2.75) is 58.4 Å². The van der Waals surface area contributed by atoms with Crippen LogP contribution in [0.4, 0.5) is 0 Å². The lowest BCUT2D eigenvalue weighted by molar-refractivity contribution is 0.558. The molecule has 1 saturated carbocycles. The summed E-state index contributed by atoms with van der Waals surface area (Å²) in [4.78, 5) is 6.13. The van der Waals surface area contributed by atoms with Gasteiger partial charge in [0.1, 0.15) is 0 Å². The third kappa shape index (κ3) is 2.64. The van der Waals surface area contributed by atoms with Gasteiger partial charge in [-0.2, -0.15) is 0 Å². The van der Waals surface area contributed by atoms with Crippen molar-refractivity contribution >= 4 is 11.3 Å². The van der Waals surface area contributed by atoms with Crippen LogP contribution in [0.2, 0.25) is 0 Å². The Kier molecular flexibility index (Phi) is 3.10. The van der Waals surface area contributed by atoms with E-state index < -0.39 is 0 Å². The van der Waals surface area contributed by atoms with E-state index in [9.17, 15) is 0 Å². The molecule has 2 rings (SSSR count). The molecule has 1 heterocycles. The Bertz CT molecular complexity index is 370. The maximum atomic E-state index is 6.24. The first-order valence-electron chi connectivity index (χ1n) is 6.17. The van der Waals surface area contributed by atoms with Gasteiger partial charge in [0.05, 0.1) is 10.7 Å². The molecule has 1 aliphatic rings. The van der Waals surface area contributed by atoms with Crippen molar-refractivity contribution in [1.29, 1.82) is 0 Å². The van der Waals surface area contributed by atoms with Gasteiger partial charge in [-0.05, 0) is 32.6 Å². The van der Waals surface area contributed by atoms with Crippen LogP contribution in [0.1, 0.15) is 62.0 Å². The van der Waals surface area contributed by atoms with Crippen LogP contribution in [0.3, 0.4) is 0 Å². The van der Waals surface area contributed by atoms with E-state index in [-0.39, 0.29) is 5.54 Å². The zero-order valence-electron chi connectivity index (χ0n) is 10.7. The second-order valence-electron chi connectivity index (χ2n) is 5.92. The zero-order valence-corrected chi connectivity index (χ0v) is 11.5. The Morgan fingerprint density at radius 1 is 1.44 bits per heavy atom. The van der Waals surface area contributed by atoms with E-state index in [1.807, 2.05) is 11.3 Å². The molecule has 1 fully saturated rings. The van der Waals surface area contributed by atoms with Gasteiger partial charge in [-0.15, -0.1) is 11.3 Å². The van der Waals surface area contributed by atoms with Crippen LogP contribution in [0.5, 0.6) is 0 Å². The molecule has 2 N–H and O–H groups in total. The highest BCUT2D eigenvalue weighted by molar-refractivity contribution is 7.11. The van der Waals surface area contributed by atoms with E-state index in [1.165, 1.54) is 28.4 Å². The van der Waals surface area contributed by atoms with Crippen LogP contribution in [0, 0.1) is 5.92 Å². The molecule has 1 aromatic heterocycles. The topological polar surface area (TPSA) is 38.9 Å². The summed E-state index contributed by atoms with van der Waals surface area (Å²) in [5, 5.41) is 1.27. The van der Waals surface area contributed by atoms with E-state index in [2.05, 4.69) is 27.7 Å². The number of aromatic nitrogens is 1. The SMILES string of the molecule is CC(C)Cc1nc(C2CC2)c(C(C)(C)N)s1. The van der Waals surface area contributed by atoms with Crippen LogP contribution in [-0.4, -0.2) is 4.98 Å². The maximum absolute atomic E-state index is 6.24. The summed E-state index contributed by atoms with van der Waals surface area (Å²) >= 11 is 1.83. The Balaban J connectivity index is 2.30. The average molecular weight is 238 g/mol. The lowest BCUT2D eigenvalue weighted by atomic mass is 10.0. The number of nitrogens with two attached hydrogens (primary N) is 1. The molecule has 1 aliphatic carbocycles. The fourth-order valence-electron chi connectivity index (χ4n) is 1.91. The van der Waals surface area contributed by atoms with Crippen molar-refractivity contribution in [3.63, 3.8) is 0 Å². The van der Waals surface area contributed by atoms with E-state index in [4.69, 9.17) is 10.7 Å². The van der Waals surface area contributed by atoms with Crippen molar-refractivity contribution in [3.05, 3.63) is 15.6 Å². The first kappa shape index (κ1) is 12.1. The molecule has 0 spiro atoms. The smallest absolute Gasteiger partial charge is 0.0934 e. The van der Waals surface area contributed by atoms with Crippen LogP contribution in [0.15, 0.2) is 0 Å². The van der Waals surface area contributed by atoms with Crippen LogP contribution in [0.25, 0.3) is 0 Å². The van der Waals surface area contributed by atoms with Crippen LogP contribution in [-0.2, 0) is 12.0 Å². The van der Waals surface area contributed by atoms with Gasteiger partial charge >= 0.3 is 0 Å². The third-order valence-electron chi connectivity index (χ3n) is 2.83. The van der Waals surface area contributed by atoms with E-state index in [1.54, 1.807) is 0 Å². The molecule has 0 saturated heterocycles. The average Bonchev–Trinajstić information content (AvgIpc) is 2.86. The van der Waals surface area contributed by atoms with Gasteiger partial charge in [0.15, 0.2) is 0 Å². The fourth-order valence-corrected chi connectivity index (χ4v) is 3.29. The Morgan fingerprint density at radius 2 is 2.06 bits per heavy atom. The van der Waals surface area contributed by atoms with Crippen molar-refractivity contribution in [2.75, 3.05) is 0 Å². The Labute approximate surface area is 102 Å². The number of thiazole rings is 1. The second-order valence-corrected chi connectivity index (χ2v) is 7.00. The molecule has 0 radical (unpaired) electrons. The molecule has 90 valence electrons. The predicted octanol–water partition coefficient (Wildman–Crippen LogP) is 3.41. The highest BCUT2D eigenvalue weighted by Crippen LogP contribution is 2.45. The molecular weight excluding hydrogens is 216 g/mol. The Hall–Kier alpha value is -0.410. The van der Waals surface area contributed by atoms with Gasteiger partial charge in [0, 0.05) is 22.8 Å². The van der Waals surface area contributed by atoms with Crippen molar-refractivity contribution in [2.24, 2.45) is 11.7 Å². The van der Waals surface area contributed by atoms with Gasteiger partial charge in [0.25, 0.3) is 0 Å². The molecule has 16 heavy (non-hydrogen) atoms. The highest BCUT2D eigenvalue weighted by Gasteiger charge is 2.33. The summed E-state index contributed by atoms with van der Waals surface area (Å²) in [7, 11) is 0. The molecule has 0 amide bonds. The van der Waals surface area contributed by atoms with E-state index >= 15 is 0 Å². The monoisotopic (exact) mass is 238 g/mol. The number of hydrogen-bond acceptors (Lipinski definition) is 3. The molecular formula is C13H22N2S. The summed E-state index contributed by atoms with van der Waals surface area (Å²) in [6.45, 7) is 8.66. The lowest BCUT2D eigenvalue weighted by Gasteiger charge is -2.17. The van der Waals surface area contributed by atoms with Crippen molar-refractivity contribution < 1.29 is 0 Å². The summed E-state index contributed by atoms with van der Waals surface area (Å²) in [5.74, 6) is 1.38. The molecule has 3 heteroatoms. The minimum Gasteiger partial charge on any atom is -0.321 e. The van der Waals surface area contributed by atoms with Gasteiger partial charge < -0.3 is 5.73 Å². The minimum absolute atomic E-state index is 0.231. The predicted molar refractivity (Wildman–Crippen MR) is 69.8 cm³/mol. The van der Waals surface area contributed by atoms with Crippen LogP contribution >= 0.6 is 11.3 Å². The molecule has 0 atom stereocenters. The van der Waals surface area contributed by atoms with Crippen molar-refractivity contribution in [3.8, 4) is 0 Å². The second kappa shape index (κ2) is 4.11. The normalized spacial score (nSPS) is 17.1. The third-order valence-corrected chi connectivity index (χ3v) is 4.26. The standard InChI is InChI=1S/C13H22N2S/c1-8(2)7-10-15-11(9-5-6-9)12(16-10)13(3,4)14/h8-9H,5-7,14H2,1-4H3. The quantitative estimate of drug-likeness (QED) is 0.873. The molecule has 1 aromatic rings. The largest absolute Gasteiger partial charge is 0.321 e. The molecule has 0 bridgehead atoms. The minimum atomic E-state index is -0.231. The van der Waals surface area contributed by atoms with Gasteiger partial charge in [-0.3, -0.25) is 0 Å². The summed E-state index contributed by atoms with van der Waals surface area (Å²) in [6.07, 6.45) is 3.68. The highest BCUT2D eigenvalue weighted by atomic mass is 32.1.